The maximum absolute atomic E-state index is 12.8. The number of ether oxygens (including phenoxy) is 3. The molecule has 0 N–H and O–H groups in total. The van der Waals surface area contributed by atoms with Gasteiger partial charge in [-0.05, 0) is 25.2 Å². The first-order chi connectivity index (χ1) is 29.9. The topological polar surface area (TPSA) is 78.9 Å². The third kappa shape index (κ3) is 47.7. The van der Waals surface area contributed by atoms with Crippen LogP contribution in [0.2, 0.25) is 0 Å². The summed E-state index contributed by atoms with van der Waals surface area (Å²) in [6.07, 6.45) is 52.2. The van der Waals surface area contributed by atoms with E-state index in [1.807, 2.05) is 0 Å². The van der Waals surface area contributed by atoms with Crippen molar-refractivity contribution in [3.8, 4) is 0 Å². The minimum Gasteiger partial charge on any atom is -0.462 e. The molecule has 0 amide bonds. The standard InChI is InChI=1S/C55H106O6/c1-5-8-10-12-14-16-18-19-23-27-30-34-38-42-46-53(56)59-49-52(61-55(58)48-44-40-36-32-25-17-15-13-11-9-6-2)50-60-54(57)47-43-39-35-31-28-24-21-20-22-26-29-33-37-41-45-51(4)7-3/h51-52H,5-50H2,1-4H3/t51?,52-/m1/s1. The molecule has 0 aliphatic heterocycles. The number of carbonyl (C=O) groups is 3. The number of hydrogen-bond donors (Lipinski definition) is 0. The SMILES string of the molecule is CCCCCCCCCCCCCCCCC(=O)OC[C@H](COC(=O)CCCCCCCCCCCCCCCCC(C)CC)OC(=O)CCCCCCCCCCCCC. The molecule has 6 heteroatoms. The van der Waals surface area contributed by atoms with Crippen LogP contribution in [-0.2, 0) is 28.6 Å². The van der Waals surface area contributed by atoms with Crippen LogP contribution < -0.4 is 0 Å². The number of unbranched alkanes of at least 4 members (excludes halogenated alkanes) is 36. The Morgan fingerprint density at radius 1 is 0.328 bits per heavy atom. The zero-order chi connectivity index (χ0) is 44.5. The Labute approximate surface area is 380 Å². The number of carbonyl (C=O) groups excluding carboxylic acids is 3. The highest BCUT2D eigenvalue weighted by Crippen LogP contribution is 2.18. The molecule has 0 rings (SSSR count). The van der Waals surface area contributed by atoms with E-state index in [0.29, 0.717) is 19.3 Å². The summed E-state index contributed by atoms with van der Waals surface area (Å²) in [5, 5.41) is 0. The second-order valence-electron chi connectivity index (χ2n) is 19.1. The van der Waals surface area contributed by atoms with E-state index in [1.54, 1.807) is 0 Å². The van der Waals surface area contributed by atoms with E-state index in [9.17, 15) is 14.4 Å². The van der Waals surface area contributed by atoms with Crippen molar-refractivity contribution in [1.82, 2.24) is 0 Å². The quantitative estimate of drug-likeness (QED) is 0.0344. The Morgan fingerprint density at radius 2 is 0.574 bits per heavy atom. The van der Waals surface area contributed by atoms with E-state index in [-0.39, 0.29) is 31.1 Å². The summed E-state index contributed by atoms with van der Waals surface area (Å²) in [5.41, 5.74) is 0. The van der Waals surface area contributed by atoms with Crippen LogP contribution in [0.15, 0.2) is 0 Å². The van der Waals surface area contributed by atoms with Gasteiger partial charge in [0.25, 0.3) is 0 Å². The van der Waals surface area contributed by atoms with Gasteiger partial charge in [0.1, 0.15) is 13.2 Å². The molecule has 0 aliphatic carbocycles. The molecule has 0 fully saturated rings. The smallest absolute Gasteiger partial charge is 0.306 e. The van der Waals surface area contributed by atoms with E-state index in [4.69, 9.17) is 14.2 Å². The molecule has 0 heterocycles. The Balaban J connectivity index is 4.26. The van der Waals surface area contributed by atoms with Gasteiger partial charge in [0.05, 0.1) is 0 Å². The van der Waals surface area contributed by atoms with E-state index in [0.717, 1.165) is 63.7 Å². The lowest BCUT2D eigenvalue weighted by Gasteiger charge is -2.18. The predicted molar refractivity (Wildman–Crippen MR) is 261 cm³/mol. The highest BCUT2D eigenvalue weighted by Gasteiger charge is 2.19. The summed E-state index contributed by atoms with van der Waals surface area (Å²) in [4.78, 5) is 38.0. The molecule has 6 nitrogen and oxygen atoms in total. The zero-order valence-electron chi connectivity index (χ0n) is 41.6. The molecule has 0 aromatic carbocycles. The highest BCUT2D eigenvalue weighted by atomic mass is 16.6. The largest absolute Gasteiger partial charge is 0.462 e. The van der Waals surface area contributed by atoms with Crippen molar-refractivity contribution in [1.29, 1.82) is 0 Å². The molecule has 0 radical (unpaired) electrons. The van der Waals surface area contributed by atoms with Gasteiger partial charge in [0.15, 0.2) is 6.10 Å². The van der Waals surface area contributed by atoms with Crippen molar-refractivity contribution >= 4 is 17.9 Å². The van der Waals surface area contributed by atoms with Gasteiger partial charge in [-0.3, -0.25) is 14.4 Å². The first-order valence-corrected chi connectivity index (χ1v) is 27.4. The Hall–Kier alpha value is -1.59. The molecule has 362 valence electrons. The van der Waals surface area contributed by atoms with Crippen LogP contribution >= 0.6 is 0 Å². The zero-order valence-corrected chi connectivity index (χ0v) is 41.6. The van der Waals surface area contributed by atoms with Crippen molar-refractivity contribution in [3.05, 3.63) is 0 Å². The van der Waals surface area contributed by atoms with E-state index in [2.05, 4.69) is 27.7 Å². The fraction of sp³-hybridized carbons (Fsp3) is 0.945. The monoisotopic (exact) mass is 863 g/mol. The van der Waals surface area contributed by atoms with Crippen LogP contribution in [0.4, 0.5) is 0 Å². The van der Waals surface area contributed by atoms with Crippen LogP contribution in [0.25, 0.3) is 0 Å². The summed E-state index contributed by atoms with van der Waals surface area (Å²) in [7, 11) is 0. The van der Waals surface area contributed by atoms with Gasteiger partial charge in [-0.2, -0.15) is 0 Å². The lowest BCUT2D eigenvalue weighted by atomic mass is 9.99. The van der Waals surface area contributed by atoms with Crippen LogP contribution in [0, 0.1) is 5.92 Å². The van der Waals surface area contributed by atoms with Gasteiger partial charge in [-0.25, -0.2) is 0 Å². The fourth-order valence-corrected chi connectivity index (χ4v) is 8.36. The predicted octanol–water partition coefficient (Wildman–Crippen LogP) is 17.8. The second kappa shape index (κ2) is 49.4. The highest BCUT2D eigenvalue weighted by molar-refractivity contribution is 5.71. The van der Waals surface area contributed by atoms with Crippen molar-refractivity contribution in [2.24, 2.45) is 5.92 Å². The van der Waals surface area contributed by atoms with Gasteiger partial charge >= 0.3 is 17.9 Å². The summed E-state index contributed by atoms with van der Waals surface area (Å²) in [5.74, 6) is 0.0555. The molecular weight excluding hydrogens is 757 g/mol. The maximum Gasteiger partial charge on any atom is 0.306 e. The summed E-state index contributed by atoms with van der Waals surface area (Å²) in [6.45, 7) is 9.08. The molecule has 0 saturated heterocycles. The van der Waals surface area contributed by atoms with Gasteiger partial charge in [-0.1, -0.05) is 272 Å². The number of hydrogen-bond acceptors (Lipinski definition) is 6. The third-order valence-electron chi connectivity index (χ3n) is 12.9. The summed E-state index contributed by atoms with van der Waals surface area (Å²) >= 11 is 0. The second-order valence-corrected chi connectivity index (χ2v) is 19.1. The minimum atomic E-state index is -0.760. The summed E-state index contributed by atoms with van der Waals surface area (Å²) in [6, 6.07) is 0. The van der Waals surface area contributed by atoms with E-state index in [1.165, 1.54) is 205 Å². The average molecular weight is 863 g/mol. The van der Waals surface area contributed by atoms with Crippen molar-refractivity contribution in [3.63, 3.8) is 0 Å². The maximum atomic E-state index is 12.8. The first kappa shape index (κ1) is 59.4. The van der Waals surface area contributed by atoms with Crippen molar-refractivity contribution in [2.45, 2.75) is 316 Å². The van der Waals surface area contributed by atoms with E-state index >= 15 is 0 Å². The molecule has 0 spiro atoms. The Morgan fingerprint density at radius 3 is 0.852 bits per heavy atom. The Kier molecular flexibility index (Phi) is 48.1. The molecule has 0 aromatic rings. The van der Waals surface area contributed by atoms with Crippen molar-refractivity contribution < 1.29 is 28.6 Å². The molecule has 0 bridgehead atoms. The fourth-order valence-electron chi connectivity index (χ4n) is 8.36. The molecule has 0 aromatic heterocycles. The molecule has 0 aliphatic rings. The van der Waals surface area contributed by atoms with E-state index < -0.39 is 6.10 Å². The van der Waals surface area contributed by atoms with Crippen LogP contribution in [-0.4, -0.2) is 37.2 Å². The van der Waals surface area contributed by atoms with Gasteiger partial charge in [-0.15, -0.1) is 0 Å². The first-order valence-electron chi connectivity index (χ1n) is 27.4. The minimum absolute atomic E-state index is 0.0623. The Bertz CT molecular complexity index is 920. The number of esters is 3. The van der Waals surface area contributed by atoms with Crippen LogP contribution in [0.1, 0.15) is 310 Å². The van der Waals surface area contributed by atoms with Crippen LogP contribution in [0.5, 0.6) is 0 Å². The average Bonchev–Trinajstić information content (AvgIpc) is 3.26. The molecular formula is C55H106O6. The lowest BCUT2D eigenvalue weighted by Crippen LogP contribution is -2.30. The van der Waals surface area contributed by atoms with Gasteiger partial charge in [0.2, 0.25) is 0 Å². The molecule has 1 unspecified atom stereocenters. The molecule has 2 atom stereocenters. The number of rotatable bonds is 50. The molecule has 61 heavy (non-hydrogen) atoms. The third-order valence-corrected chi connectivity index (χ3v) is 12.9. The van der Waals surface area contributed by atoms with Gasteiger partial charge < -0.3 is 14.2 Å². The van der Waals surface area contributed by atoms with Gasteiger partial charge in [0, 0.05) is 19.3 Å². The lowest BCUT2D eigenvalue weighted by molar-refractivity contribution is -0.167. The van der Waals surface area contributed by atoms with Crippen molar-refractivity contribution in [2.75, 3.05) is 13.2 Å². The summed E-state index contributed by atoms with van der Waals surface area (Å²) < 4.78 is 16.8. The van der Waals surface area contributed by atoms with Crippen LogP contribution in [0.3, 0.4) is 0 Å². The molecule has 0 saturated carbocycles. The normalized spacial score (nSPS) is 12.4.